The van der Waals surface area contributed by atoms with Gasteiger partial charge in [0.1, 0.15) is 12.3 Å². The third-order valence-electron chi connectivity index (χ3n) is 4.16. The van der Waals surface area contributed by atoms with E-state index in [9.17, 15) is 9.59 Å². The van der Waals surface area contributed by atoms with Gasteiger partial charge in [-0.1, -0.05) is 29.8 Å². The van der Waals surface area contributed by atoms with Gasteiger partial charge in [0.2, 0.25) is 5.91 Å². The molecule has 0 saturated heterocycles. The highest BCUT2D eigenvalue weighted by atomic mass is 16.5. The highest BCUT2D eigenvalue weighted by molar-refractivity contribution is 5.93. The number of aromatic nitrogens is 1. The lowest BCUT2D eigenvalue weighted by Crippen LogP contribution is -2.28. The van der Waals surface area contributed by atoms with E-state index in [1.54, 1.807) is 19.2 Å². The highest BCUT2D eigenvalue weighted by Gasteiger charge is 2.14. The van der Waals surface area contributed by atoms with Crippen molar-refractivity contribution in [2.24, 2.45) is 0 Å². The zero-order chi connectivity index (χ0) is 18.0. The summed E-state index contributed by atoms with van der Waals surface area (Å²) in [5, 5.41) is 3.71. The number of amides is 1. The summed E-state index contributed by atoms with van der Waals surface area (Å²) in [6, 6.07) is 14.6. The predicted molar refractivity (Wildman–Crippen MR) is 99.3 cm³/mol. The molecule has 3 rings (SSSR count). The van der Waals surface area contributed by atoms with Gasteiger partial charge in [-0.3, -0.25) is 14.2 Å². The predicted octanol–water partition coefficient (Wildman–Crippen LogP) is 3.27. The number of hydrogen-bond donors (Lipinski definition) is 1. The number of para-hydroxylation sites is 1. The number of nitrogens with one attached hydrogen (secondary N) is 1. The van der Waals surface area contributed by atoms with Crippen LogP contribution in [0, 0.1) is 13.8 Å². The van der Waals surface area contributed by atoms with Crippen LogP contribution in [0.4, 0.5) is 5.69 Å². The molecule has 5 nitrogen and oxygen atoms in total. The van der Waals surface area contributed by atoms with E-state index in [-0.39, 0.29) is 18.0 Å². The molecule has 2 aromatic carbocycles. The number of ether oxygens (including phenoxy) is 1. The summed E-state index contributed by atoms with van der Waals surface area (Å²) < 4.78 is 6.85. The number of pyridine rings is 1. The van der Waals surface area contributed by atoms with Crippen molar-refractivity contribution < 1.29 is 9.53 Å². The largest absolute Gasteiger partial charge is 0.495 e. The Labute approximate surface area is 145 Å². The summed E-state index contributed by atoms with van der Waals surface area (Å²) in [5.74, 6) is 0.309. The molecule has 0 bridgehead atoms. The third-order valence-corrected chi connectivity index (χ3v) is 4.16. The van der Waals surface area contributed by atoms with E-state index in [0.29, 0.717) is 17.0 Å². The Hall–Kier alpha value is -3.08. The molecular formula is C20H20N2O3. The molecule has 5 heteroatoms. The Balaban J connectivity index is 1.99. The maximum atomic E-state index is 12.5. The Kier molecular flexibility index (Phi) is 4.57. The van der Waals surface area contributed by atoms with Gasteiger partial charge in [-0.25, -0.2) is 0 Å². The number of methoxy groups -OCH3 is 1. The number of benzene rings is 2. The Morgan fingerprint density at radius 2 is 1.84 bits per heavy atom. The standard InChI is InChI=1S/C20H20N2O3/c1-13-7-9-15(10-8-13)21-18(23)12-22-19(24)11-14(2)16-5-4-6-17(25-3)20(16)22/h4-11H,12H2,1-3H3,(H,21,23). The molecule has 128 valence electrons. The van der Waals surface area contributed by atoms with E-state index in [4.69, 9.17) is 4.74 Å². The second kappa shape index (κ2) is 6.81. The molecule has 0 aliphatic rings. The first-order chi connectivity index (χ1) is 12.0. The van der Waals surface area contributed by atoms with E-state index in [1.165, 1.54) is 4.57 Å². The van der Waals surface area contributed by atoms with Gasteiger partial charge in [0.25, 0.3) is 5.56 Å². The first-order valence-electron chi connectivity index (χ1n) is 8.03. The van der Waals surface area contributed by atoms with Crippen LogP contribution in [0.1, 0.15) is 11.1 Å². The lowest BCUT2D eigenvalue weighted by atomic mass is 10.1. The van der Waals surface area contributed by atoms with E-state index >= 15 is 0 Å². The molecule has 0 saturated carbocycles. The van der Waals surface area contributed by atoms with Crippen LogP contribution in [-0.2, 0) is 11.3 Å². The molecule has 0 aliphatic heterocycles. The quantitative estimate of drug-likeness (QED) is 0.795. The minimum atomic E-state index is -0.262. The number of nitrogens with zero attached hydrogens (tertiary/aromatic N) is 1. The molecule has 0 fully saturated rings. The van der Waals surface area contributed by atoms with Crippen molar-refractivity contribution in [3.63, 3.8) is 0 Å². The second-order valence-corrected chi connectivity index (χ2v) is 6.02. The van der Waals surface area contributed by atoms with E-state index in [2.05, 4.69) is 5.32 Å². The topological polar surface area (TPSA) is 60.3 Å². The molecule has 0 spiro atoms. The van der Waals surface area contributed by atoms with Gasteiger partial charge in [-0.2, -0.15) is 0 Å². The molecular weight excluding hydrogens is 316 g/mol. The zero-order valence-corrected chi connectivity index (χ0v) is 14.5. The average Bonchev–Trinajstić information content (AvgIpc) is 2.60. The molecule has 1 N–H and O–H groups in total. The van der Waals surface area contributed by atoms with Crippen LogP contribution in [0.3, 0.4) is 0 Å². The Morgan fingerprint density at radius 1 is 1.12 bits per heavy atom. The van der Waals surface area contributed by atoms with Crippen LogP contribution in [0.25, 0.3) is 10.9 Å². The first kappa shape index (κ1) is 16.8. The number of fused-ring (bicyclic) bond motifs is 1. The normalized spacial score (nSPS) is 10.7. The number of hydrogen-bond acceptors (Lipinski definition) is 3. The summed E-state index contributed by atoms with van der Waals surface area (Å²) in [6.07, 6.45) is 0. The van der Waals surface area contributed by atoms with Crippen molar-refractivity contribution in [2.45, 2.75) is 20.4 Å². The molecule has 25 heavy (non-hydrogen) atoms. The third kappa shape index (κ3) is 3.40. The Bertz CT molecular complexity index is 988. The summed E-state index contributed by atoms with van der Waals surface area (Å²) in [4.78, 5) is 24.9. The number of carbonyl (C=O) groups is 1. The van der Waals surface area contributed by atoms with Gasteiger partial charge in [0, 0.05) is 17.1 Å². The maximum Gasteiger partial charge on any atom is 0.251 e. The van der Waals surface area contributed by atoms with Gasteiger partial charge in [-0.15, -0.1) is 0 Å². The number of aryl methyl sites for hydroxylation is 2. The van der Waals surface area contributed by atoms with Crippen molar-refractivity contribution >= 4 is 22.5 Å². The van der Waals surface area contributed by atoms with E-state index in [1.807, 2.05) is 50.2 Å². The van der Waals surface area contributed by atoms with Gasteiger partial charge in [-0.05, 0) is 37.6 Å². The van der Waals surface area contributed by atoms with Gasteiger partial charge >= 0.3 is 0 Å². The minimum Gasteiger partial charge on any atom is -0.495 e. The van der Waals surface area contributed by atoms with Crippen LogP contribution in [-0.4, -0.2) is 17.6 Å². The van der Waals surface area contributed by atoms with Gasteiger partial charge < -0.3 is 10.1 Å². The van der Waals surface area contributed by atoms with Crippen molar-refractivity contribution in [3.8, 4) is 5.75 Å². The first-order valence-corrected chi connectivity index (χ1v) is 8.03. The number of anilines is 1. The van der Waals surface area contributed by atoms with Crippen LogP contribution in [0.2, 0.25) is 0 Å². The fourth-order valence-electron chi connectivity index (χ4n) is 2.87. The lowest BCUT2D eigenvalue weighted by Gasteiger charge is -2.15. The molecule has 0 atom stereocenters. The van der Waals surface area contributed by atoms with E-state index < -0.39 is 0 Å². The van der Waals surface area contributed by atoms with Crippen LogP contribution < -0.4 is 15.6 Å². The van der Waals surface area contributed by atoms with Crippen molar-refractivity contribution in [3.05, 3.63) is 70.0 Å². The highest BCUT2D eigenvalue weighted by Crippen LogP contribution is 2.26. The van der Waals surface area contributed by atoms with Crippen molar-refractivity contribution in [2.75, 3.05) is 12.4 Å². The van der Waals surface area contributed by atoms with Gasteiger partial charge in [0.15, 0.2) is 0 Å². The summed E-state index contributed by atoms with van der Waals surface area (Å²) in [7, 11) is 1.55. The SMILES string of the molecule is COc1cccc2c(C)cc(=O)n(CC(=O)Nc3ccc(C)cc3)c12. The van der Waals surface area contributed by atoms with Crippen LogP contribution in [0.15, 0.2) is 53.3 Å². The van der Waals surface area contributed by atoms with Crippen molar-refractivity contribution in [1.82, 2.24) is 4.57 Å². The zero-order valence-electron chi connectivity index (χ0n) is 14.5. The maximum absolute atomic E-state index is 12.5. The molecule has 0 radical (unpaired) electrons. The smallest absolute Gasteiger partial charge is 0.251 e. The van der Waals surface area contributed by atoms with Crippen LogP contribution >= 0.6 is 0 Å². The summed E-state index contributed by atoms with van der Waals surface area (Å²) in [6.45, 7) is 3.78. The minimum absolute atomic E-state index is 0.0795. The van der Waals surface area contributed by atoms with Crippen molar-refractivity contribution in [1.29, 1.82) is 0 Å². The number of carbonyl (C=O) groups excluding carboxylic acids is 1. The lowest BCUT2D eigenvalue weighted by molar-refractivity contribution is -0.116. The number of rotatable bonds is 4. The van der Waals surface area contributed by atoms with Crippen LogP contribution in [0.5, 0.6) is 5.75 Å². The Morgan fingerprint density at radius 3 is 2.52 bits per heavy atom. The van der Waals surface area contributed by atoms with Gasteiger partial charge in [0.05, 0.1) is 12.6 Å². The fourth-order valence-corrected chi connectivity index (χ4v) is 2.87. The molecule has 1 aromatic heterocycles. The summed E-state index contributed by atoms with van der Waals surface area (Å²) >= 11 is 0. The molecule has 3 aromatic rings. The average molecular weight is 336 g/mol. The van der Waals surface area contributed by atoms with E-state index in [0.717, 1.165) is 16.5 Å². The molecule has 0 aliphatic carbocycles. The fraction of sp³-hybridized carbons (Fsp3) is 0.200. The molecule has 1 heterocycles. The summed E-state index contributed by atoms with van der Waals surface area (Å²) in [5.41, 5.74) is 3.08. The second-order valence-electron chi connectivity index (χ2n) is 6.02. The molecule has 0 unspecified atom stereocenters. The monoisotopic (exact) mass is 336 g/mol. The molecule has 1 amide bonds.